The van der Waals surface area contributed by atoms with Gasteiger partial charge in [-0.2, -0.15) is 0 Å². The number of methoxy groups -OCH3 is 2. The minimum Gasteiger partial charge on any atom is -0.497 e. The minimum atomic E-state index is -0.410. The second-order valence-electron chi connectivity index (χ2n) is 3.56. The van der Waals surface area contributed by atoms with Crippen molar-refractivity contribution in [2.45, 2.75) is 20.0 Å². The zero-order chi connectivity index (χ0) is 12.1. The Labute approximate surface area is 95.1 Å². The van der Waals surface area contributed by atoms with Crippen LogP contribution in [-0.4, -0.2) is 26.3 Å². The van der Waals surface area contributed by atoms with E-state index in [-0.39, 0.29) is 6.10 Å². The summed E-state index contributed by atoms with van der Waals surface area (Å²) >= 11 is 0. The fraction of sp³-hybridized carbons (Fsp3) is 0.417. The Hall–Kier alpha value is -1.71. The number of carbonyl (C=O) groups is 1. The summed E-state index contributed by atoms with van der Waals surface area (Å²) in [6, 6.07) is 4.97. The second-order valence-corrected chi connectivity index (χ2v) is 3.56. The molecule has 0 saturated carbocycles. The molecule has 88 valence electrons. The number of esters is 1. The van der Waals surface area contributed by atoms with Crippen molar-refractivity contribution >= 4 is 5.97 Å². The van der Waals surface area contributed by atoms with Crippen LogP contribution < -0.4 is 9.47 Å². The van der Waals surface area contributed by atoms with Crippen molar-refractivity contribution in [3.63, 3.8) is 0 Å². The molecule has 0 heterocycles. The molecular weight excluding hydrogens is 208 g/mol. The molecule has 0 N–H and O–H groups in total. The van der Waals surface area contributed by atoms with Crippen LogP contribution in [0.5, 0.6) is 11.5 Å². The van der Waals surface area contributed by atoms with E-state index in [2.05, 4.69) is 4.74 Å². The minimum absolute atomic E-state index is 0.0394. The topological polar surface area (TPSA) is 44.8 Å². The zero-order valence-electron chi connectivity index (χ0n) is 9.94. The summed E-state index contributed by atoms with van der Waals surface area (Å²) in [5.41, 5.74) is 0.414. The summed E-state index contributed by atoms with van der Waals surface area (Å²) in [6.45, 7) is 3.83. The van der Waals surface area contributed by atoms with Crippen molar-refractivity contribution in [1.82, 2.24) is 0 Å². The number of ether oxygens (including phenoxy) is 3. The fourth-order valence-corrected chi connectivity index (χ4v) is 1.27. The summed E-state index contributed by atoms with van der Waals surface area (Å²) in [4.78, 5) is 11.4. The molecule has 1 aromatic carbocycles. The second kappa shape index (κ2) is 5.39. The highest BCUT2D eigenvalue weighted by Gasteiger charge is 2.10. The molecule has 0 spiro atoms. The van der Waals surface area contributed by atoms with Gasteiger partial charge < -0.3 is 14.2 Å². The van der Waals surface area contributed by atoms with Gasteiger partial charge in [0, 0.05) is 6.07 Å². The Bertz CT molecular complexity index is 371. The predicted molar refractivity (Wildman–Crippen MR) is 60.1 cm³/mol. The van der Waals surface area contributed by atoms with Crippen molar-refractivity contribution in [2.24, 2.45) is 0 Å². The Morgan fingerprint density at radius 1 is 1.12 bits per heavy atom. The lowest BCUT2D eigenvalue weighted by molar-refractivity contribution is 0.0599. The van der Waals surface area contributed by atoms with Crippen LogP contribution in [-0.2, 0) is 4.74 Å². The van der Waals surface area contributed by atoms with Gasteiger partial charge in [0.2, 0.25) is 0 Å². The molecule has 4 nitrogen and oxygen atoms in total. The van der Waals surface area contributed by atoms with Gasteiger partial charge in [-0.1, -0.05) is 0 Å². The molecular formula is C12H16O4. The Kier molecular flexibility index (Phi) is 4.17. The monoisotopic (exact) mass is 224 g/mol. The first-order valence-electron chi connectivity index (χ1n) is 5.01. The maximum Gasteiger partial charge on any atom is 0.338 e. The molecule has 1 rings (SSSR count). The average molecular weight is 224 g/mol. The molecule has 0 aliphatic heterocycles. The van der Waals surface area contributed by atoms with Gasteiger partial charge in [-0.05, 0) is 26.0 Å². The summed E-state index contributed by atoms with van der Waals surface area (Å²) in [6.07, 6.45) is 0.0394. The normalized spacial score (nSPS) is 10.1. The molecule has 0 fully saturated rings. The highest BCUT2D eigenvalue weighted by atomic mass is 16.5. The molecule has 0 radical (unpaired) electrons. The maximum absolute atomic E-state index is 11.4. The van der Waals surface area contributed by atoms with Crippen LogP contribution in [0.15, 0.2) is 18.2 Å². The molecule has 0 aromatic heterocycles. The van der Waals surface area contributed by atoms with Crippen molar-refractivity contribution < 1.29 is 19.0 Å². The smallest absolute Gasteiger partial charge is 0.338 e. The van der Waals surface area contributed by atoms with E-state index in [0.717, 1.165) is 0 Å². The van der Waals surface area contributed by atoms with Gasteiger partial charge >= 0.3 is 5.97 Å². The third kappa shape index (κ3) is 3.15. The van der Waals surface area contributed by atoms with Crippen LogP contribution in [0.4, 0.5) is 0 Å². The summed E-state index contributed by atoms with van der Waals surface area (Å²) in [5.74, 6) is 0.751. The van der Waals surface area contributed by atoms with Crippen LogP contribution in [0.1, 0.15) is 24.2 Å². The number of rotatable bonds is 4. The van der Waals surface area contributed by atoms with Gasteiger partial charge in [-0.15, -0.1) is 0 Å². The Balaban J connectivity index is 3.05. The van der Waals surface area contributed by atoms with Crippen molar-refractivity contribution in [2.75, 3.05) is 14.2 Å². The first kappa shape index (κ1) is 12.4. The molecule has 0 bridgehead atoms. The lowest BCUT2D eigenvalue weighted by Gasteiger charge is -2.12. The van der Waals surface area contributed by atoms with E-state index in [1.807, 2.05) is 13.8 Å². The molecule has 0 aliphatic rings. The van der Waals surface area contributed by atoms with Crippen LogP contribution in [0.2, 0.25) is 0 Å². The fourth-order valence-electron chi connectivity index (χ4n) is 1.27. The van der Waals surface area contributed by atoms with E-state index in [1.54, 1.807) is 18.2 Å². The van der Waals surface area contributed by atoms with E-state index >= 15 is 0 Å². The summed E-state index contributed by atoms with van der Waals surface area (Å²) in [5, 5.41) is 0. The first-order valence-corrected chi connectivity index (χ1v) is 5.01. The maximum atomic E-state index is 11.4. The highest BCUT2D eigenvalue weighted by Crippen LogP contribution is 2.24. The quantitative estimate of drug-likeness (QED) is 0.736. The highest BCUT2D eigenvalue weighted by molar-refractivity contribution is 5.90. The molecule has 16 heavy (non-hydrogen) atoms. The third-order valence-corrected chi connectivity index (χ3v) is 1.91. The molecule has 0 saturated heterocycles. The molecule has 0 aliphatic carbocycles. The van der Waals surface area contributed by atoms with Crippen molar-refractivity contribution in [1.29, 1.82) is 0 Å². The summed E-state index contributed by atoms with van der Waals surface area (Å²) < 4.78 is 15.2. The van der Waals surface area contributed by atoms with Gasteiger partial charge in [-0.25, -0.2) is 4.79 Å². The van der Waals surface area contributed by atoms with Crippen molar-refractivity contribution in [3.8, 4) is 11.5 Å². The number of hydrogen-bond acceptors (Lipinski definition) is 4. The SMILES string of the molecule is COC(=O)c1cc(OC)cc(OC(C)C)c1. The van der Waals surface area contributed by atoms with Crippen molar-refractivity contribution in [3.05, 3.63) is 23.8 Å². The van der Waals surface area contributed by atoms with Gasteiger partial charge in [0.1, 0.15) is 11.5 Å². The van der Waals surface area contributed by atoms with Gasteiger partial charge in [0.25, 0.3) is 0 Å². The lowest BCUT2D eigenvalue weighted by Crippen LogP contribution is -2.07. The summed E-state index contributed by atoms with van der Waals surface area (Å²) in [7, 11) is 2.88. The zero-order valence-corrected chi connectivity index (χ0v) is 9.94. The van der Waals surface area contributed by atoms with E-state index in [1.165, 1.54) is 14.2 Å². The Morgan fingerprint density at radius 3 is 2.25 bits per heavy atom. The van der Waals surface area contributed by atoms with Crippen LogP contribution in [0, 0.1) is 0 Å². The van der Waals surface area contributed by atoms with Crippen LogP contribution in [0.25, 0.3) is 0 Å². The molecule has 0 unspecified atom stereocenters. The molecule has 4 heteroatoms. The van der Waals surface area contributed by atoms with Gasteiger partial charge in [-0.3, -0.25) is 0 Å². The van der Waals surface area contributed by atoms with E-state index in [9.17, 15) is 4.79 Å². The standard InChI is InChI=1S/C12H16O4/c1-8(2)16-11-6-9(12(13)15-4)5-10(7-11)14-3/h5-8H,1-4H3. The average Bonchev–Trinajstić information content (AvgIpc) is 2.26. The van der Waals surface area contributed by atoms with Gasteiger partial charge in [0.15, 0.2) is 0 Å². The first-order chi connectivity index (χ1) is 7.56. The van der Waals surface area contributed by atoms with Crippen LogP contribution >= 0.6 is 0 Å². The molecule has 0 atom stereocenters. The number of hydrogen-bond donors (Lipinski definition) is 0. The number of carbonyl (C=O) groups excluding carboxylic acids is 1. The number of benzene rings is 1. The van der Waals surface area contributed by atoms with Gasteiger partial charge in [0.05, 0.1) is 25.9 Å². The molecule has 1 aromatic rings. The predicted octanol–water partition coefficient (Wildman–Crippen LogP) is 2.27. The van der Waals surface area contributed by atoms with E-state index in [0.29, 0.717) is 17.1 Å². The van der Waals surface area contributed by atoms with E-state index < -0.39 is 5.97 Å². The van der Waals surface area contributed by atoms with E-state index in [4.69, 9.17) is 9.47 Å². The largest absolute Gasteiger partial charge is 0.497 e. The third-order valence-electron chi connectivity index (χ3n) is 1.91. The Morgan fingerprint density at radius 2 is 1.75 bits per heavy atom. The van der Waals surface area contributed by atoms with Crippen LogP contribution in [0.3, 0.4) is 0 Å². The molecule has 0 amide bonds. The lowest BCUT2D eigenvalue weighted by atomic mass is 10.2.